The van der Waals surface area contributed by atoms with Gasteiger partial charge >= 0.3 is 0 Å². The second kappa shape index (κ2) is 5.16. The van der Waals surface area contributed by atoms with Crippen molar-refractivity contribution in [3.05, 3.63) is 28.3 Å². The summed E-state index contributed by atoms with van der Waals surface area (Å²) in [5.41, 5.74) is 2.50. The summed E-state index contributed by atoms with van der Waals surface area (Å²) in [5, 5.41) is 11.2. The molecule has 0 aliphatic carbocycles. The summed E-state index contributed by atoms with van der Waals surface area (Å²) < 4.78 is 4.25. The first-order valence-electron chi connectivity index (χ1n) is 5.91. The summed E-state index contributed by atoms with van der Waals surface area (Å²) in [5.74, 6) is -0.119. The number of carbonyl (C=O) groups is 1. The monoisotopic (exact) mass is 325 g/mol. The molecule has 0 saturated heterocycles. The van der Waals surface area contributed by atoms with Crippen molar-refractivity contribution in [2.24, 2.45) is 7.05 Å². The summed E-state index contributed by atoms with van der Waals surface area (Å²) in [6.45, 7) is 5.60. The molecule has 2 rings (SSSR count). The van der Waals surface area contributed by atoms with Crippen molar-refractivity contribution >= 4 is 27.5 Å². The van der Waals surface area contributed by atoms with Gasteiger partial charge in [0.25, 0.3) is 0 Å². The maximum Gasteiger partial charge on any atom is 0.249 e. The predicted octanol–water partition coefficient (Wildman–Crippen LogP) is 2.20. The average molecular weight is 326 g/mol. The van der Waals surface area contributed by atoms with Crippen LogP contribution in [0.15, 0.2) is 16.9 Å². The Labute approximate surface area is 119 Å². The molecular formula is C12H16BrN5O. The van der Waals surface area contributed by atoms with Crippen LogP contribution in [0.2, 0.25) is 0 Å². The fourth-order valence-electron chi connectivity index (χ4n) is 1.64. The quantitative estimate of drug-likeness (QED) is 0.940. The molecule has 0 radical (unpaired) electrons. The van der Waals surface area contributed by atoms with E-state index in [1.807, 2.05) is 20.9 Å². The molecule has 102 valence electrons. The fourth-order valence-corrected chi connectivity index (χ4v) is 1.93. The number of hydrogen-bond acceptors (Lipinski definition) is 3. The molecule has 1 N–H and O–H groups in total. The third-order valence-corrected chi connectivity index (χ3v) is 3.90. The van der Waals surface area contributed by atoms with Crippen LogP contribution in [0.1, 0.15) is 24.4 Å². The number of hydrogen-bond donors (Lipinski definition) is 1. The van der Waals surface area contributed by atoms with Crippen LogP contribution < -0.4 is 5.32 Å². The molecule has 2 aromatic heterocycles. The second-order valence-corrected chi connectivity index (χ2v) is 5.33. The van der Waals surface area contributed by atoms with E-state index < -0.39 is 0 Å². The lowest BCUT2D eigenvalue weighted by atomic mass is 10.3. The SMILES string of the molecule is Cc1nn(C(C)C(=O)Nc2cnn(C)c2C)cc1Br. The molecule has 0 aromatic carbocycles. The van der Waals surface area contributed by atoms with E-state index in [0.717, 1.165) is 21.5 Å². The smallest absolute Gasteiger partial charge is 0.249 e. The van der Waals surface area contributed by atoms with Gasteiger partial charge in [0.2, 0.25) is 5.91 Å². The summed E-state index contributed by atoms with van der Waals surface area (Å²) in [4.78, 5) is 12.2. The van der Waals surface area contributed by atoms with Crippen molar-refractivity contribution < 1.29 is 4.79 Å². The Morgan fingerprint density at radius 2 is 2.16 bits per heavy atom. The Morgan fingerprint density at radius 3 is 2.63 bits per heavy atom. The lowest BCUT2D eigenvalue weighted by Gasteiger charge is -2.12. The molecule has 6 nitrogen and oxygen atoms in total. The fraction of sp³-hybridized carbons (Fsp3) is 0.417. The number of aromatic nitrogens is 4. The molecule has 0 bridgehead atoms. The van der Waals surface area contributed by atoms with Crippen molar-refractivity contribution in [3.8, 4) is 0 Å². The highest BCUT2D eigenvalue weighted by Crippen LogP contribution is 2.19. The molecule has 0 aliphatic heterocycles. The van der Waals surface area contributed by atoms with E-state index in [-0.39, 0.29) is 11.9 Å². The molecule has 1 atom stereocenters. The minimum atomic E-state index is -0.385. The van der Waals surface area contributed by atoms with Crippen molar-refractivity contribution in [1.29, 1.82) is 0 Å². The number of carbonyl (C=O) groups excluding carboxylic acids is 1. The third kappa shape index (κ3) is 2.70. The molecule has 0 fully saturated rings. The highest BCUT2D eigenvalue weighted by atomic mass is 79.9. The van der Waals surface area contributed by atoms with Crippen molar-refractivity contribution in [1.82, 2.24) is 19.6 Å². The average Bonchev–Trinajstić information content (AvgIpc) is 2.86. The van der Waals surface area contributed by atoms with Crippen molar-refractivity contribution in [2.75, 3.05) is 5.32 Å². The van der Waals surface area contributed by atoms with Gasteiger partial charge in [-0.25, -0.2) is 0 Å². The van der Waals surface area contributed by atoms with E-state index in [0.29, 0.717) is 0 Å². The van der Waals surface area contributed by atoms with Gasteiger partial charge in [0.1, 0.15) is 6.04 Å². The lowest BCUT2D eigenvalue weighted by molar-refractivity contribution is -0.119. The van der Waals surface area contributed by atoms with Crippen LogP contribution in [0, 0.1) is 13.8 Å². The minimum Gasteiger partial charge on any atom is -0.321 e. The summed E-state index contributed by atoms with van der Waals surface area (Å²) in [7, 11) is 1.84. The van der Waals surface area contributed by atoms with Gasteiger partial charge in [0, 0.05) is 13.2 Å². The van der Waals surface area contributed by atoms with Gasteiger partial charge in [-0.3, -0.25) is 14.2 Å². The predicted molar refractivity (Wildman–Crippen MR) is 75.9 cm³/mol. The zero-order valence-corrected chi connectivity index (χ0v) is 12.9. The molecular weight excluding hydrogens is 310 g/mol. The van der Waals surface area contributed by atoms with Gasteiger partial charge in [-0.05, 0) is 36.7 Å². The Bertz CT molecular complexity index is 596. The highest BCUT2D eigenvalue weighted by molar-refractivity contribution is 9.10. The van der Waals surface area contributed by atoms with Gasteiger partial charge < -0.3 is 5.32 Å². The number of rotatable bonds is 3. The lowest BCUT2D eigenvalue weighted by Crippen LogP contribution is -2.24. The molecule has 1 unspecified atom stereocenters. The first-order valence-corrected chi connectivity index (χ1v) is 6.70. The summed E-state index contributed by atoms with van der Waals surface area (Å²) in [6, 6.07) is -0.385. The second-order valence-electron chi connectivity index (χ2n) is 4.47. The third-order valence-electron chi connectivity index (χ3n) is 3.13. The minimum absolute atomic E-state index is 0.119. The normalized spacial score (nSPS) is 12.5. The number of nitrogens with one attached hydrogen (secondary N) is 1. The van der Waals surface area contributed by atoms with Crippen LogP contribution in [0.25, 0.3) is 0 Å². The molecule has 1 amide bonds. The standard InChI is InChI=1S/C12H16BrN5O/c1-7-10(13)6-18(16-7)9(3)12(19)15-11-5-14-17(4)8(11)2/h5-6,9H,1-4H3,(H,15,19). The van der Waals surface area contributed by atoms with Crippen LogP contribution in [0.5, 0.6) is 0 Å². The largest absolute Gasteiger partial charge is 0.321 e. The van der Waals surface area contributed by atoms with E-state index in [2.05, 4.69) is 31.4 Å². The highest BCUT2D eigenvalue weighted by Gasteiger charge is 2.18. The topological polar surface area (TPSA) is 64.7 Å². The van der Waals surface area contributed by atoms with Crippen LogP contribution >= 0.6 is 15.9 Å². The Hall–Kier alpha value is -1.63. The zero-order valence-electron chi connectivity index (χ0n) is 11.3. The number of anilines is 1. The Morgan fingerprint density at radius 1 is 1.47 bits per heavy atom. The molecule has 0 saturated carbocycles. The molecule has 0 spiro atoms. The van der Waals surface area contributed by atoms with Crippen molar-refractivity contribution in [3.63, 3.8) is 0 Å². The maximum absolute atomic E-state index is 12.2. The van der Waals surface area contributed by atoms with Crippen LogP contribution in [0.4, 0.5) is 5.69 Å². The van der Waals surface area contributed by atoms with E-state index in [4.69, 9.17) is 0 Å². The van der Waals surface area contributed by atoms with Gasteiger partial charge in [0.15, 0.2) is 0 Å². The van der Waals surface area contributed by atoms with Gasteiger partial charge in [0.05, 0.1) is 27.7 Å². The van der Waals surface area contributed by atoms with E-state index >= 15 is 0 Å². The number of aryl methyl sites for hydroxylation is 2. The van der Waals surface area contributed by atoms with Crippen LogP contribution in [-0.4, -0.2) is 25.5 Å². The molecule has 19 heavy (non-hydrogen) atoms. The van der Waals surface area contributed by atoms with E-state index in [1.165, 1.54) is 0 Å². The van der Waals surface area contributed by atoms with E-state index in [9.17, 15) is 4.79 Å². The van der Waals surface area contributed by atoms with Gasteiger partial charge in [-0.2, -0.15) is 10.2 Å². The van der Waals surface area contributed by atoms with Crippen LogP contribution in [0.3, 0.4) is 0 Å². The number of amides is 1. The summed E-state index contributed by atoms with van der Waals surface area (Å²) in [6.07, 6.45) is 3.44. The first kappa shape index (κ1) is 13.8. The molecule has 2 aromatic rings. The molecule has 2 heterocycles. The van der Waals surface area contributed by atoms with Gasteiger partial charge in [-0.1, -0.05) is 0 Å². The maximum atomic E-state index is 12.2. The number of nitrogens with zero attached hydrogens (tertiary/aromatic N) is 4. The first-order chi connectivity index (χ1) is 8.90. The zero-order chi connectivity index (χ0) is 14.2. The van der Waals surface area contributed by atoms with Crippen LogP contribution in [-0.2, 0) is 11.8 Å². The van der Waals surface area contributed by atoms with Crippen molar-refractivity contribution in [2.45, 2.75) is 26.8 Å². The Balaban J connectivity index is 2.14. The molecule has 7 heteroatoms. The number of halogens is 1. The summed E-state index contributed by atoms with van der Waals surface area (Å²) >= 11 is 3.39. The molecule has 0 aliphatic rings. The van der Waals surface area contributed by atoms with Gasteiger partial charge in [-0.15, -0.1) is 0 Å². The Kier molecular flexibility index (Phi) is 3.75. The van der Waals surface area contributed by atoms with E-state index in [1.54, 1.807) is 28.7 Å².